The lowest BCUT2D eigenvalue weighted by atomic mass is 10.1. The van der Waals surface area contributed by atoms with Crippen LogP contribution in [0.15, 0.2) is 16.6 Å². The fourth-order valence-corrected chi connectivity index (χ4v) is 3.13. The molecule has 1 atom stereocenters. The highest BCUT2D eigenvalue weighted by molar-refractivity contribution is 9.10. The van der Waals surface area contributed by atoms with E-state index in [1.165, 1.54) is 18.4 Å². The van der Waals surface area contributed by atoms with Crippen LogP contribution in [0.5, 0.6) is 0 Å². The molecule has 0 radical (unpaired) electrons. The van der Waals surface area contributed by atoms with E-state index >= 15 is 0 Å². The second-order valence-electron chi connectivity index (χ2n) is 4.80. The minimum atomic E-state index is 0.597. The zero-order valence-electron chi connectivity index (χ0n) is 9.89. The number of imidazole rings is 1. The lowest BCUT2D eigenvalue weighted by Gasteiger charge is -2.06. The van der Waals surface area contributed by atoms with Gasteiger partial charge >= 0.3 is 0 Å². The minimum absolute atomic E-state index is 0.597. The van der Waals surface area contributed by atoms with Crippen molar-refractivity contribution in [1.82, 2.24) is 15.3 Å². The van der Waals surface area contributed by atoms with Gasteiger partial charge < -0.3 is 10.3 Å². The number of H-pyrrole nitrogens is 1. The van der Waals surface area contributed by atoms with Crippen LogP contribution >= 0.6 is 15.9 Å². The average Bonchev–Trinajstić information content (AvgIpc) is 2.87. The molecule has 1 aliphatic rings. The van der Waals surface area contributed by atoms with Gasteiger partial charge in [0, 0.05) is 16.9 Å². The lowest BCUT2D eigenvalue weighted by molar-refractivity contribution is 0.589. The molecule has 0 aliphatic carbocycles. The zero-order valence-corrected chi connectivity index (χ0v) is 11.5. The van der Waals surface area contributed by atoms with E-state index in [2.05, 4.69) is 45.3 Å². The van der Waals surface area contributed by atoms with Gasteiger partial charge in [-0.2, -0.15) is 0 Å². The number of aromatic amines is 1. The molecule has 3 rings (SSSR count). The molecule has 90 valence electrons. The first-order chi connectivity index (χ1) is 8.22. The first-order valence-corrected chi connectivity index (χ1v) is 6.90. The molecule has 1 aliphatic heterocycles. The summed E-state index contributed by atoms with van der Waals surface area (Å²) >= 11 is 3.52. The minimum Gasteiger partial charge on any atom is -0.342 e. The van der Waals surface area contributed by atoms with E-state index in [0.717, 1.165) is 34.3 Å². The number of aromatic nitrogens is 2. The molecule has 4 heteroatoms. The van der Waals surface area contributed by atoms with Crippen molar-refractivity contribution in [3.05, 3.63) is 28.0 Å². The number of halogens is 1. The van der Waals surface area contributed by atoms with Crippen molar-refractivity contribution in [2.45, 2.75) is 32.2 Å². The maximum atomic E-state index is 4.70. The highest BCUT2D eigenvalue weighted by Gasteiger charge is 2.16. The van der Waals surface area contributed by atoms with Gasteiger partial charge in [0.2, 0.25) is 0 Å². The van der Waals surface area contributed by atoms with Crippen molar-refractivity contribution in [3.8, 4) is 0 Å². The predicted molar refractivity (Wildman–Crippen MR) is 73.3 cm³/mol. The van der Waals surface area contributed by atoms with Gasteiger partial charge in [-0.1, -0.05) is 15.9 Å². The quantitative estimate of drug-likeness (QED) is 0.894. The third-order valence-electron chi connectivity index (χ3n) is 3.39. The fraction of sp³-hybridized carbons (Fsp3) is 0.462. The Morgan fingerprint density at radius 3 is 3.12 bits per heavy atom. The van der Waals surface area contributed by atoms with Crippen LogP contribution in [0.1, 0.15) is 24.2 Å². The van der Waals surface area contributed by atoms with Crippen LogP contribution in [0.25, 0.3) is 11.0 Å². The molecule has 1 unspecified atom stereocenters. The number of rotatable bonds is 2. The summed E-state index contributed by atoms with van der Waals surface area (Å²) in [7, 11) is 0. The van der Waals surface area contributed by atoms with Crippen LogP contribution < -0.4 is 5.32 Å². The van der Waals surface area contributed by atoms with Gasteiger partial charge in [0.1, 0.15) is 5.82 Å². The molecule has 0 bridgehead atoms. The van der Waals surface area contributed by atoms with E-state index in [1.54, 1.807) is 0 Å². The SMILES string of the molecule is Cc1cc(Br)cc2[nH]c(CC3CCCN3)nc12. The molecule has 1 aromatic heterocycles. The lowest BCUT2D eigenvalue weighted by Crippen LogP contribution is -2.24. The number of hydrogen-bond acceptors (Lipinski definition) is 2. The Labute approximate surface area is 109 Å². The number of benzene rings is 1. The maximum Gasteiger partial charge on any atom is 0.108 e. The van der Waals surface area contributed by atoms with Gasteiger partial charge in [0.15, 0.2) is 0 Å². The van der Waals surface area contributed by atoms with Crippen molar-refractivity contribution in [3.63, 3.8) is 0 Å². The molecule has 1 aromatic carbocycles. The summed E-state index contributed by atoms with van der Waals surface area (Å²) in [6.45, 7) is 3.25. The Bertz CT molecular complexity index is 541. The predicted octanol–water partition coefficient (Wildman–Crippen LogP) is 2.93. The van der Waals surface area contributed by atoms with Crippen LogP contribution in [0.4, 0.5) is 0 Å². The highest BCUT2D eigenvalue weighted by Crippen LogP contribution is 2.23. The van der Waals surface area contributed by atoms with Crippen LogP contribution in [0, 0.1) is 6.92 Å². The molecule has 0 spiro atoms. The Morgan fingerprint density at radius 2 is 2.35 bits per heavy atom. The van der Waals surface area contributed by atoms with Crippen LogP contribution in [0.3, 0.4) is 0 Å². The summed E-state index contributed by atoms with van der Waals surface area (Å²) in [5, 5.41) is 3.51. The van der Waals surface area contributed by atoms with E-state index in [4.69, 9.17) is 4.98 Å². The third kappa shape index (κ3) is 2.24. The molecule has 0 saturated carbocycles. The van der Waals surface area contributed by atoms with Crippen molar-refractivity contribution in [2.24, 2.45) is 0 Å². The topological polar surface area (TPSA) is 40.7 Å². The van der Waals surface area contributed by atoms with Gasteiger partial charge in [0.05, 0.1) is 11.0 Å². The first kappa shape index (κ1) is 11.2. The van der Waals surface area contributed by atoms with E-state index in [-0.39, 0.29) is 0 Å². The van der Waals surface area contributed by atoms with Gasteiger partial charge in [-0.15, -0.1) is 0 Å². The summed E-state index contributed by atoms with van der Waals surface area (Å²) < 4.78 is 1.11. The van der Waals surface area contributed by atoms with Crippen molar-refractivity contribution >= 4 is 27.0 Å². The van der Waals surface area contributed by atoms with Gasteiger partial charge in [-0.25, -0.2) is 4.98 Å². The average molecular weight is 294 g/mol. The standard InChI is InChI=1S/C13H16BrN3/c1-8-5-9(14)6-11-13(8)17-12(16-11)7-10-3-2-4-15-10/h5-6,10,15H,2-4,7H2,1H3,(H,16,17). The van der Waals surface area contributed by atoms with Crippen LogP contribution in [0.2, 0.25) is 0 Å². The first-order valence-electron chi connectivity index (χ1n) is 6.10. The molecule has 17 heavy (non-hydrogen) atoms. The van der Waals surface area contributed by atoms with Gasteiger partial charge in [-0.3, -0.25) is 0 Å². The number of hydrogen-bond donors (Lipinski definition) is 2. The number of aryl methyl sites for hydroxylation is 1. The second-order valence-corrected chi connectivity index (χ2v) is 5.72. The monoisotopic (exact) mass is 293 g/mol. The van der Waals surface area contributed by atoms with Crippen molar-refractivity contribution in [2.75, 3.05) is 6.54 Å². The molecule has 2 aromatic rings. The van der Waals surface area contributed by atoms with E-state index in [1.807, 2.05) is 0 Å². The third-order valence-corrected chi connectivity index (χ3v) is 3.85. The highest BCUT2D eigenvalue weighted by atomic mass is 79.9. The summed E-state index contributed by atoms with van der Waals surface area (Å²) in [6.07, 6.45) is 3.56. The summed E-state index contributed by atoms with van der Waals surface area (Å²) in [5.74, 6) is 1.10. The Morgan fingerprint density at radius 1 is 1.47 bits per heavy atom. The largest absolute Gasteiger partial charge is 0.342 e. The fourth-order valence-electron chi connectivity index (χ4n) is 2.56. The Hall–Kier alpha value is -0.870. The Kier molecular flexibility index (Phi) is 2.92. The normalized spacial score (nSPS) is 20.2. The Balaban J connectivity index is 1.93. The molecule has 2 N–H and O–H groups in total. The zero-order chi connectivity index (χ0) is 11.8. The van der Waals surface area contributed by atoms with Crippen LogP contribution in [-0.2, 0) is 6.42 Å². The summed E-state index contributed by atoms with van der Waals surface area (Å²) in [5.41, 5.74) is 3.45. The number of fused-ring (bicyclic) bond motifs is 1. The molecule has 1 saturated heterocycles. The van der Waals surface area contributed by atoms with Crippen molar-refractivity contribution in [1.29, 1.82) is 0 Å². The molecular formula is C13H16BrN3. The van der Waals surface area contributed by atoms with Crippen molar-refractivity contribution < 1.29 is 0 Å². The maximum absolute atomic E-state index is 4.70. The molecule has 2 heterocycles. The van der Waals surface area contributed by atoms with Gasteiger partial charge in [0.25, 0.3) is 0 Å². The number of nitrogens with zero attached hydrogens (tertiary/aromatic N) is 1. The summed E-state index contributed by atoms with van der Waals surface area (Å²) in [4.78, 5) is 8.12. The molecule has 0 amide bonds. The smallest absolute Gasteiger partial charge is 0.108 e. The number of nitrogens with one attached hydrogen (secondary N) is 2. The molecule has 1 fully saturated rings. The van der Waals surface area contributed by atoms with Gasteiger partial charge in [-0.05, 0) is 44.0 Å². The van der Waals surface area contributed by atoms with E-state index < -0.39 is 0 Å². The molecule has 3 nitrogen and oxygen atoms in total. The van der Waals surface area contributed by atoms with E-state index in [9.17, 15) is 0 Å². The summed E-state index contributed by atoms with van der Waals surface area (Å²) in [6, 6.07) is 4.81. The molecular weight excluding hydrogens is 278 g/mol. The van der Waals surface area contributed by atoms with Crippen LogP contribution in [-0.4, -0.2) is 22.6 Å². The van der Waals surface area contributed by atoms with E-state index in [0.29, 0.717) is 6.04 Å². The second kappa shape index (κ2) is 4.42.